The summed E-state index contributed by atoms with van der Waals surface area (Å²) in [5.41, 5.74) is 1.55. The lowest BCUT2D eigenvalue weighted by molar-refractivity contribution is 0.156. The summed E-state index contributed by atoms with van der Waals surface area (Å²) in [6.45, 7) is 4.39. The minimum absolute atomic E-state index is 0.257. The molecule has 0 aliphatic heterocycles. The Hall–Kier alpha value is -0.600. The highest BCUT2D eigenvalue weighted by Gasteiger charge is 2.50. The van der Waals surface area contributed by atoms with Crippen molar-refractivity contribution < 1.29 is 4.39 Å². The minimum atomic E-state index is -0.313. The van der Waals surface area contributed by atoms with Gasteiger partial charge in [-0.2, -0.15) is 0 Å². The number of halogens is 2. The van der Waals surface area contributed by atoms with Gasteiger partial charge in [0.15, 0.2) is 0 Å². The molecular formula is C18H25ClFN. The monoisotopic (exact) mass is 309 g/mol. The second kappa shape index (κ2) is 6.26. The van der Waals surface area contributed by atoms with Crippen molar-refractivity contribution in [2.24, 2.45) is 17.3 Å². The summed E-state index contributed by atoms with van der Waals surface area (Å²) in [4.78, 5) is 0. The van der Waals surface area contributed by atoms with Crippen LogP contribution < -0.4 is 5.32 Å². The first-order valence-electron chi connectivity index (χ1n) is 8.27. The Morgan fingerprint density at radius 3 is 2.86 bits per heavy atom. The predicted molar refractivity (Wildman–Crippen MR) is 86.2 cm³/mol. The average molecular weight is 310 g/mol. The minimum Gasteiger partial charge on any atom is -0.316 e. The molecule has 0 spiro atoms. The Kier molecular flexibility index (Phi) is 4.56. The van der Waals surface area contributed by atoms with Crippen LogP contribution in [0.25, 0.3) is 0 Å². The number of nitrogens with one attached hydrogen (secondary N) is 1. The molecule has 3 heteroatoms. The van der Waals surface area contributed by atoms with Gasteiger partial charge in [0.05, 0.1) is 5.02 Å². The van der Waals surface area contributed by atoms with E-state index in [0.29, 0.717) is 5.41 Å². The first kappa shape index (κ1) is 15.3. The van der Waals surface area contributed by atoms with Crippen LogP contribution in [-0.4, -0.2) is 13.1 Å². The molecular weight excluding hydrogens is 285 g/mol. The predicted octanol–water partition coefficient (Wildman–Crippen LogP) is 4.83. The summed E-state index contributed by atoms with van der Waals surface area (Å²) in [5.74, 6) is 1.43. The maximum absolute atomic E-state index is 13.4. The third-order valence-electron chi connectivity index (χ3n) is 5.55. The Labute approximate surface area is 132 Å². The summed E-state index contributed by atoms with van der Waals surface area (Å²) in [6, 6.07) is 5.25. The highest BCUT2D eigenvalue weighted by Crippen LogP contribution is 2.57. The lowest BCUT2D eigenvalue weighted by atomic mass is 9.69. The molecule has 2 aliphatic rings. The first-order chi connectivity index (χ1) is 10.1. The van der Waals surface area contributed by atoms with Crippen molar-refractivity contribution in [2.45, 2.75) is 45.4 Å². The van der Waals surface area contributed by atoms with Crippen LogP contribution in [0.3, 0.4) is 0 Å². The fourth-order valence-corrected chi connectivity index (χ4v) is 4.83. The number of fused-ring (bicyclic) bond motifs is 2. The van der Waals surface area contributed by atoms with Gasteiger partial charge in [0.25, 0.3) is 0 Å². The highest BCUT2D eigenvalue weighted by molar-refractivity contribution is 6.30. The molecule has 0 radical (unpaired) electrons. The average Bonchev–Trinajstić information content (AvgIpc) is 3.04. The molecule has 2 aliphatic carbocycles. The Balaban J connectivity index is 1.77. The van der Waals surface area contributed by atoms with E-state index >= 15 is 0 Å². The molecule has 3 rings (SSSR count). The second-order valence-corrected chi connectivity index (χ2v) is 7.45. The molecule has 0 aromatic heterocycles. The molecule has 21 heavy (non-hydrogen) atoms. The molecule has 3 atom stereocenters. The third-order valence-corrected chi connectivity index (χ3v) is 5.84. The van der Waals surface area contributed by atoms with Gasteiger partial charge in [-0.25, -0.2) is 4.39 Å². The summed E-state index contributed by atoms with van der Waals surface area (Å²) in [6.07, 6.45) is 7.70. The van der Waals surface area contributed by atoms with E-state index in [-0.39, 0.29) is 10.8 Å². The van der Waals surface area contributed by atoms with E-state index in [4.69, 9.17) is 11.6 Å². The van der Waals surface area contributed by atoms with E-state index in [2.05, 4.69) is 12.2 Å². The standard InChI is InChI=1S/C18H25ClFN/c1-2-7-21-12-18(10-13-3-5-15(18)8-13)11-14-4-6-17(20)16(19)9-14/h4,6,9,13,15,21H,2-3,5,7-8,10-12H2,1H3. The van der Waals surface area contributed by atoms with E-state index in [0.717, 1.165) is 31.3 Å². The summed E-state index contributed by atoms with van der Waals surface area (Å²) < 4.78 is 13.4. The zero-order chi connectivity index (χ0) is 14.9. The fourth-order valence-electron chi connectivity index (χ4n) is 4.62. The van der Waals surface area contributed by atoms with Gasteiger partial charge < -0.3 is 5.32 Å². The van der Waals surface area contributed by atoms with Crippen LogP contribution in [0.2, 0.25) is 5.02 Å². The van der Waals surface area contributed by atoms with Gasteiger partial charge in [0.2, 0.25) is 0 Å². The Morgan fingerprint density at radius 1 is 1.38 bits per heavy atom. The lowest BCUT2D eigenvalue weighted by Crippen LogP contribution is -2.40. The molecule has 2 saturated carbocycles. The number of hydrogen-bond acceptors (Lipinski definition) is 1. The third kappa shape index (κ3) is 3.12. The van der Waals surface area contributed by atoms with E-state index < -0.39 is 0 Å². The molecule has 2 bridgehead atoms. The maximum Gasteiger partial charge on any atom is 0.141 e. The van der Waals surface area contributed by atoms with Crippen LogP contribution in [0.1, 0.15) is 44.6 Å². The highest BCUT2D eigenvalue weighted by atomic mass is 35.5. The Morgan fingerprint density at radius 2 is 2.24 bits per heavy atom. The largest absolute Gasteiger partial charge is 0.316 e. The second-order valence-electron chi connectivity index (χ2n) is 7.04. The van der Waals surface area contributed by atoms with Gasteiger partial charge in [-0.15, -0.1) is 0 Å². The summed E-state index contributed by atoms with van der Waals surface area (Å²) in [7, 11) is 0. The van der Waals surface area contributed by atoms with E-state index in [1.165, 1.54) is 43.7 Å². The molecule has 3 unspecified atom stereocenters. The normalized spacial score (nSPS) is 31.0. The van der Waals surface area contributed by atoms with Crippen molar-refractivity contribution in [1.29, 1.82) is 0 Å². The quantitative estimate of drug-likeness (QED) is 0.742. The van der Waals surface area contributed by atoms with Gasteiger partial charge in [-0.1, -0.05) is 31.0 Å². The molecule has 2 fully saturated rings. The molecule has 1 aromatic rings. The summed E-state index contributed by atoms with van der Waals surface area (Å²) >= 11 is 5.96. The van der Waals surface area contributed by atoms with Crippen LogP contribution >= 0.6 is 11.6 Å². The van der Waals surface area contributed by atoms with Crippen molar-refractivity contribution in [3.05, 3.63) is 34.6 Å². The SMILES string of the molecule is CCCNCC1(Cc2ccc(F)c(Cl)c2)CC2CCC1C2. The van der Waals surface area contributed by atoms with Crippen LogP contribution in [0.15, 0.2) is 18.2 Å². The van der Waals surface area contributed by atoms with E-state index in [9.17, 15) is 4.39 Å². The first-order valence-corrected chi connectivity index (χ1v) is 8.65. The summed E-state index contributed by atoms with van der Waals surface area (Å²) in [5, 5.41) is 3.90. The van der Waals surface area contributed by atoms with Crippen molar-refractivity contribution in [3.63, 3.8) is 0 Å². The number of rotatable bonds is 6. The van der Waals surface area contributed by atoms with Crippen LogP contribution in [0, 0.1) is 23.1 Å². The van der Waals surface area contributed by atoms with Gasteiger partial charge in [0.1, 0.15) is 5.82 Å². The van der Waals surface area contributed by atoms with Crippen LogP contribution in [-0.2, 0) is 6.42 Å². The van der Waals surface area contributed by atoms with E-state index in [1.807, 2.05) is 12.1 Å². The van der Waals surface area contributed by atoms with Crippen molar-refractivity contribution >= 4 is 11.6 Å². The molecule has 1 nitrogen and oxygen atoms in total. The van der Waals surface area contributed by atoms with Gasteiger partial charge >= 0.3 is 0 Å². The smallest absolute Gasteiger partial charge is 0.141 e. The Bertz CT molecular complexity index is 504. The maximum atomic E-state index is 13.4. The molecule has 0 amide bonds. The topological polar surface area (TPSA) is 12.0 Å². The molecule has 1 N–H and O–H groups in total. The van der Waals surface area contributed by atoms with Gasteiger partial charge in [0, 0.05) is 6.54 Å². The number of benzene rings is 1. The zero-order valence-electron chi connectivity index (χ0n) is 12.8. The molecule has 1 aromatic carbocycles. The number of hydrogen-bond donors (Lipinski definition) is 1. The van der Waals surface area contributed by atoms with Crippen molar-refractivity contribution in [3.8, 4) is 0 Å². The molecule has 116 valence electrons. The van der Waals surface area contributed by atoms with Crippen LogP contribution in [0.4, 0.5) is 4.39 Å². The van der Waals surface area contributed by atoms with E-state index in [1.54, 1.807) is 0 Å². The van der Waals surface area contributed by atoms with Gasteiger partial charge in [-0.05, 0) is 73.6 Å². The lowest BCUT2D eigenvalue weighted by Gasteiger charge is -2.38. The van der Waals surface area contributed by atoms with Crippen molar-refractivity contribution in [1.82, 2.24) is 5.32 Å². The zero-order valence-corrected chi connectivity index (χ0v) is 13.6. The van der Waals surface area contributed by atoms with Gasteiger partial charge in [-0.3, -0.25) is 0 Å². The fraction of sp³-hybridized carbons (Fsp3) is 0.667. The molecule has 0 heterocycles. The molecule has 0 saturated heterocycles. The van der Waals surface area contributed by atoms with Crippen molar-refractivity contribution in [2.75, 3.05) is 13.1 Å². The van der Waals surface area contributed by atoms with Crippen LogP contribution in [0.5, 0.6) is 0 Å².